The first-order valence-electron chi connectivity index (χ1n) is 9.22. The second-order valence-corrected chi connectivity index (χ2v) is 7.89. The lowest BCUT2D eigenvalue weighted by Gasteiger charge is -2.49. The largest absolute Gasteiger partial charge is 0.477 e. The van der Waals surface area contributed by atoms with Crippen LogP contribution in [0.2, 0.25) is 0 Å². The van der Waals surface area contributed by atoms with Crippen molar-refractivity contribution < 1.29 is 38.7 Å². The van der Waals surface area contributed by atoms with E-state index < -0.39 is 40.1 Å². The average molecular weight is 469 g/mol. The SMILES string of the molecule is COc1nn(CCC(=O)N[C@H]2C(=O)N3C(C(=O)O)=C(COC(C)=O)CS[C@H]23)cc1[N+](=O)[O-]. The maximum Gasteiger partial charge on any atom is 0.352 e. The van der Waals surface area contributed by atoms with E-state index in [0.717, 1.165) is 11.1 Å². The summed E-state index contributed by atoms with van der Waals surface area (Å²) < 4.78 is 10.9. The molecule has 0 spiro atoms. The van der Waals surface area contributed by atoms with E-state index in [9.17, 15) is 34.4 Å². The third-order valence-corrected chi connectivity index (χ3v) is 6.02. The van der Waals surface area contributed by atoms with Crippen LogP contribution < -0.4 is 10.1 Å². The van der Waals surface area contributed by atoms with Gasteiger partial charge in [-0.2, -0.15) is 0 Å². The fourth-order valence-corrected chi connectivity index (χ4v) is 4.55. The number of carboxylic acids is 1. The fourth-order valence-electron chi connectivity index (χ4n) is 3.22. The number of rotatable bonds is 9. The number of aryl methyl sites for hydroxylation is 1. The van der Waals surface area contributed by atoms with Gasteiger partial charge in [0, 0.05) is 24.7 Å². The molecular formula is C17H19N5O9S. The van der Waals surface area contributed by atoms with Gasteiger partial charge in [-0.05, 0) is 0 Å². The number of carbonyl (C=O) groups is 4. The lowest BCUT2D eigenvalue weighted by atomic mass is 10.0. The average Bonchev–Trinajstić information content (AvgIpc) is 3.17. The van der Waals surface area contributed by atoms with Crippen molar-refractivity contribution >= 4 is 41.2 Å². The zero-order valence-corrected chi connectivity index (χ0v) is 17.8. The molecule has 0 unspecified atom stereocenters. The van der Waals surface area contributed by atoms with Gasteiger partial charge < -0.3 is 19.9 Å². The Bertz CT molecular complexity index is 1020. The van der Waals surface area contributed by atoms with Crippen LogP contribution in [0.5, 0.6) is 5.88 Å². The molecular weight excluding hydrogens is 450 g/mol. The molecule has 2 atom stereocenters. The highest BCUT2D eigenvalue weighted by molar-refractivity contribution is 8.00. The Kier molecular flexibility index (Phi) is 6.67. The van der Waals surface area contributed by atoms with Crippen molar-refractivity contribution in [3.05, 3.63) is 27.6 Å². The van der Waals surface area contributed by atoms with Gasteiger partial charge in [0.1, 0.15) is 29.9 Å². The number of nitrogens with one attached hydrogen (secondary N) is 1. The van der Waals surface area contributed by atoms with Gasteiger partial charge >= 0.3 is 23.5 Å². The van der Waals surface area contributed by atoms with Crippen molar-refractivity contribution in [2.75, 3.05) is 19.5 Å². The van der Waals surface area contributed by atoms with Crippen LogP contribution in [0.25, 0.3) is 0 Å². The van der Waals surface area contributed by atoms with Gasteiger partial charge in [-0.1, -0.05) is 0 Å². The van der Waals surface area contributed by atoms with Gasteiger partial charge in [0.25, 0.3) is 5.91 Å². The summed E-state index contributed by atoms with van der Waals surface area (Å²) >= 11 is 1.24. The molecule has 0 aliphatic carbocycles. The second-order valence-electron chi connectivity index (χ2n) is 6.79. The van der Waals surface area contributed by atoms with Crippen LogP contribution >= 0.6 is 11.8 Å². The summed E-state index contributed by atoms with van der Waals surface area (Å²) in [7, 11) is 1.24. The number of aliphatic carboxylic acids is 1. The van der Waals surface area contributed by atoms with Crippen LogP contribution in [0.1, 0.15) is 13.3 Å². The molecule has 3 heterocycles. The Morgan fingerprint density at radius 1 is 1.44 bits per heavy atom. The fraction of sp³-hybridized carbons (Fsp3) is 0.471. The van der Waals surface area contributed by atoms with E-state index in [1.165, 1.54) is 30.5 Å². The summed E-state index contributed by atoms with van der Waals surface area (Å²) in [4.78, 5) is 58.9. The third-order valence-electron chi connectivity index (χ3n) is 4.68. The van der Waals surface area contributed by atoms with Crippen LogP contribution in [0.4, 0.5) is 5.69 Å². The Balaban J connectivity index is 1.61. The molecule has 2 amide bonds. The number of fused-ring (bicyclic) bond motifs is 1. The molecule has 15 heteroatoms. The van der Waals surface area contributed by atoms with Gasteiger partial charge in [0.15, 0.2) is 0 Å². The summed E-state index contributed by atoms with van der Waals surface area (Å²) in [5.74, 6) is -2.97. The molecule has 0 saturated carbocycles. The van der Waals surface area contributed by atoms with Gasteiger partial charge in [-0.15, -0.1) is 16.9 Å². The number of methoxy groups -OCH3 is 1. The molecule has 14 nitrogen and oxygen atoms in total. The van der Waals surface area contributed by atoms with Crippen LogP contribution in [-0.2, 0) is 30.5 Å². The number of ether oxygens (including phenoxy) is 2. The predicted molar refractivity (Wildman–Crippen MR) is 106 cm³/mol. The van der Waals surface area contributed by atoms with E-state index in [1.807, 2.05) is 0 Å². The van der Waals surface area contributed by atoms with Crippen molar-refractivity contribution in [2.24, 2.45) is 0 Å². The number of carbonyl (C=O) groups excluding carboxylic acids is 3. The number of nitro groups is 1. The number of amides is 2. The minimum absolute atomic E-state index is 0.00524. The van der Waals surface area contributed by atoms with Crippen molar-refractivity contribution in [1.29, 1.82) is 0 Å². The number of carboxylic acid groups (broad SMARTS) is 1. The monoisotopic (exact) mass is 469 g/mol. The van der Waals surface area contributed by atoms with E-state index in [4.69, 9.17) is 9.47 Å². The normalized spacial score (nSPS) is 19.7. The topological polar surface area (TPSA) is 183 Å². The number of nitrogens with zero attached hydrogens (tertiary/aromatic N) is 4. The minimum atomic E-state index is -1.33. The molecule has 1 fully saturated rings. The third kappa shape index (κ3) is 4.51. The Labute approximate surface area is 184 Å². The molecule has 1 saturated heterocycles. The first-order chi connectivity index (χ1) is 15.1. The van der Waals surface area contributed by atoms with Crippen molar-refractivity contribution in [1.82, 2.24) is 20.0 Å². The quantitative estimate of drug-likeness (QED) is 0.205. The standard InChI is InChI=1S/C17H19N5O9S/c1-8(23)31-6-9-7-32-16-12(15(25)21(16)13(9)17(26)27)18-11(24)3-4-20-5-10(22(28)29)14(19-20)30-2/h5,12,16H,3-4,6-7H2,1-2H3,(H,18,24)(H,26,27)/t12-,16+/m0/s1. The van der Waals surface area contributed by atoms with Gasteiger partial charge in [-0.3, -0.25) is 34.1 Å². The zero-order chi connectivity index (χ0) is 23.6. The smallest absolute Gasteiger partial charge is 0.352 e. The minimum Gasteiger partial charge on any atom is -0.477 e. The number of thioether (sulfide) groups is 1. The van der Waals surface area contributed by atoms with E-state index in [1.54, 1.807) is 0 Å². The molecule has 32 heavy (non-hydrogen) atoms. The number of hydrogen-bond acceptors (Lipinski definition) is 10. The summed E-state index contributed by atoms with van der Waals surface area (Å²) in [6.07, 6.45) is 1.01. The van der Waals surface area contributed by atoms with E-state index in [0.29, 0.717) is 5.57 Å². The molecule has 2 N–H and O–H groups in total. The van der Waals surface area contributed by atoms with E-state index in [2.05, 4.69) is 10.4 Å². The number of esters is 1. The first-order valence-corrected chi connectivity index (χ1v) is 10.3. The van der Waals surface area contributed by atoms with Crippen LogP contribution in [0.3, 0.4) is 0 Å². The summed E-state index contributed by atoms with van der Waals surface area (Å²) in [5, 5.41) is 26.3. The molecule has 0 aromatic carbocycles. The molecule has 2 aliphatic heterocycles. The molecule has 172 valence electrons. The van der Waals surface area contributed by atoms with Crippen LogP contribution in [0.15, 0.2) is 17.5 Å². The molecule has 1 aromatic heterocycles. The predicted octanol–water partition coefficient (Wildman–Crippen LogP) is -0.508. The Morgan fingerprint density at radius 3 is 2.72 bits per heavy atom. The highest BCUT2D eigenvalue weighted by atomic mass is 32.2. The summed E-state index contributed by atoms with van der Waals surface area (Å²) in [6.45, 7) is 0.958. The zero-order valence-electron chi connectivity index (χ0n) is 17.0. The van der Waals surface area contributed by atoms with Crippen LogP contribution in [0, 0.1) is 10.1 Å². The summed E-state index contributed by atoms with van der Waals surface area (Å²) in [6, 6.07) is -0.918. The summed E-state index contributed by atoms with van der Waals surface area (Å²) in [5.41, 5.74) is -0.295. The van der Waals surface area contributed by atoms with E-state index in [-0.39, 0.29) is 42.6 Å². The first kappa shape index (κ1) is 23.1. The highest BCUT2D eigenvalue weighted by Crippen LogP contribution is 2.40. The lowest BCUT2D eigenvalue weighted by molar-refractivity contribution is -0.385. The Morgan fingerprint density at radius 2 is 2.16 bits per heavy atom. The molecule has 2 aliphatic rings. The van der Waals surface area contributed by atoms with Crippen molar-refractivity contribution in [2.45, 2.75) is 31.3 Å². The second kappa shape index (κ2) is 9.25. The van der Waals surface area contributed by atoms with Crippen molar-refractivity contribution in [3.63, 3.8) is 0 Å². The molecule has 1 aromatic rings. The molecule has 3 rings (SSSR count). The Hall–Kier alpha value is -3.62. The lowest BCUT2D eigenvalue weighted by Crippen LogP contribution is -2.70. The highest BCUT2D eigenvalue weighted by Gasteiger charge is 2.54. The maximum atomic E-state index is 12.5. The number of β-lactam (4-membered cyclic amide) rings is 1. The van der Waals surface area contributed by atoms with Crippen molar-refractivity contribution in [3.8, 4) is 5.88 Å². The van der Waals surface area contributed by atoms with Gasteiger partial charge in [-0.25, -0.2) is 4.79 Å². The number of hydrogen-bond donors (Lipinski definition) is 2. The van der Waals surface area contributed by atoms with Crippen LogP contribution in [-0.4, -0.2) is 79.3 Å². The maximum absolute atomic E-state index is 12.5. The van der Waals surface area contributed by atoms with E-state index >= 15 is 0 Å². The van der Waals surface area contributed by atoms with Gasteiger partial charge in [0.05, 0.1) is 18.6 Å². The number of aromatic nitrogens is 2. The molecule has 0 bridgehead atoms. The molecule has 0 radical (unpaired) electrons. The van der Waals surface area contributed by atoms with Gasteiger partial charge in [0.2, 0.25) is 5.91 Å².